The van der Waals surface area contributed by atoms with Crippen molar-refractivity contribution in [1.29, 1.82) is 0 Å². The highest BCUT2D eigenvalue weighted by Gasteiger charge is 2.25. The minimum atomic E-state index is 0.0350. The first-order valence-corrected chi connectivity index (χ1v) is 9.62. The lowest BCUT2D eigenvalue weighted by Gasteiger charge is -2.35. The molecule has 0 spiro atoms. The molecule has 1 aromatic carbocycles. The second kappa shape index (κ2) is 7.80. The van der Waals surface area contributed by atoms with Crippen molar-refractivity contribution in [2.24, 2.45) is 0 Å². The Bertz CT molecular complexity index is 901. The van der Waals surface area contributed by atoms with Gasteiger partial charge < -0.3 is 14.8 Å². The molecule has 3 aromatic rings. The zero-order chi connectivity index (χ0) is 18.8. The number of hydrogen-bond acceptors (Lipinski definition) is 5. The Balaban J connectivity index is 1.61. The van der Waals surface area contributed by atoms with E-state index < -0.39 is 0 Å². The van der Waals surface area contributed by atoms with Gasteiger partial charge in [-0.15, -0.1) is 0 Å². The van der Waals surface area contributed by atoms with Crippen molar-refractivity contribution in [3.8, 4) is 11.4 Å². The van der Waals surface area contributed by atoms with Gasteiger partial charge in [-0.05, 0) is 19.9 Å². The van der Waals surface area contributed by atoms with Crippen LogP contribution < -0.4 is 0 Å². The zero-order valence-electron chi connectivity index (χ0n) is 15.9. The van der Waals surface area contributed by atoms with Crippen molar-refractivity contribution in [3.05, 3.63) is 36.3 Å². The lowest BCUT2D eigenvalue weighted by Crippen LogP contribution is -2.46. The average Bonchev–Trinajstić information content (AvgIpc) is 3.26. The number of para-hydroxylation sites is 1. The fourth-order valence-electron chi connectivity index (χ4n) is 3.71. The average molecular weight is 369 g/mol. The number of H-pyrrole nitrogens is 1. The number of nitrogens with one attached hydrogen (secondary N) is 1. The number of nitrogens with zero attached hydrogens (tertiary/aromatic N) is 4. The number of aliphatic hydroxyl groups excluding tert-OH is 1. The maximum atomic E-state index is 9.44. The number of aromatic amines is 1. The van der Waals surface area contributed by atoms with Crippen LogP contribution in [0.15, 0.2) is 30.5 Å². The molecular formula is C20H27N5O2. The van der Waals surface area contributed by atoms with Crippen LogP contribution >= 0.6 is 0 Å². The minimum Gasteiger partial charge on any atom is -0.394 e. The van der Waals surface area contributed by atoms with Crippen molar-refractivity contribution in [1.82, 2.24) is 24.6 Å². The van der Waals surface area contributed by atoms with Crippen LogP contribution in [0.2, 0.25) is 0 Å². The highest BCUT2D eigenvalue weighted by atomic mass is 16.5. The fraction of sp³-hybridized carbons (Fsp3) is 0.500. The molecule has 1 aliphatic rings. The van der Waals surface area contributed by atoms with Gasteiger partial charge in [0.15, 0.2) is 5.82 Å². The fourth-order valence-corrected chi connectivity index (χ4v) is 3.71. The van der Waals surface area contributed by atoms with E-state index in [9.17, 15) is 5.11 Å². The molecule has 4 rings (SSSR count). The summed E-state index contributed by atoms with van der Waals surface area (Å²) in [6.45, 7) is 7.51. The normalized spacial score (nSPS) is 18.6. The molecule has 0 amide bonds. The molecule has 1 atom stereocenters. The Morgan fingerprint density at radius 1 is 1.33 bits per heavy atom. The van der Waals surface area contributed by atoms with Crippen molar-refractivity contribution >= 4 is 10.9 Å². The molecule has 0 unspecified atom stereocenters. The molecule has 7 nitrogen and oxygen atoms in total. The number of ether oxygens (including phenoxy) is 1. The Hall–Kier alpha value is -2.22. The van der Waals surface area contributed by atoms with E-state index in [1.807, 2.05) is 29.1 Å². The predicted octanol–water partition coefficient (Wildman–Crippen LogP) is 2.07. The second-order valence-corrected chi connectivity index (χ2v) is 7.33. The quantitative estimate of drug-likeness (QED) is 0.695. The van der Waals surface area contributed by atoms with E-state index in [4.69, 9.17) is 9.72 Å². The number of aromatic nitrogens is 4. The lowest BCUT2D eigenvalue weighted by molar-refractivity contribution is -0.0390. The monoisotopic (exact) mass is 369 g/mol. The van der Waals surface area contributed by atoms with Gasteiger partial charge in [0, 0.05) is 48.2 Å². The number of benzene rings is 1. The molecule has 0 radical (unpaired) electrons. The Morgan fingerprint density at radius 3 is 3.00 bits per heavy atom. The summed E-state index contributed by atoms with van der Waals surface area (Å²) in [5, 5.41) is 15.2. The summed E-state index contributed by atoms with van der Waals surface area (Å²) in [5.41, 5.74) is 2.05. The van der Waals surface area contributed by atoms with Crippen LogP contribution in [0.1, 0.15) is 19.7 Å². The van der Waals surface area contributed by atoms with Gasteiger partial charge in [0.2, 0.25) is 0 Å². The molecule has 2 N–H and O–H groups in total. The van der Waals surface area contributed by atoms with Crippen LogP contribution in [0.5, 0.6) is 0 Å². The molecular weight excluding hydrogens is 342 g/mol. The summed E-state index contributed by atoms with van der Waals surface area (Å²) in [5.74, 6) is 1.55. The van der Waals surface area contributed by atoms with E-state index in [1.165, 1.54) is 0 Å². The van der Waals surface area contributed by atoms with E-state index in [2.05, 4.69) is 34.9 Å². The van der Waals surface area contributed by atoms with Gasteiger partial charge >= 0.3 is 0 Å². The third-order valence-electron chi connectivity index (χ3n) is 5.20. The summed E-state index contributed by atoms with van der Waals surface area (Å²) in [4.78, 5) is 10.5. The van der Waals surface area contributed by atoms with Crippen molar-refractivity contribution in [2.45, 2.75) is 39.0 Å². The maximum Gasteiger partial charge on any atom is 0.183 e. The molecule has 1 fully saturated rings. The summed E-state index contributed by atoms with van der Waals surface area (Å²) in [6, 6.07) is 8.64. The van der Waals surface area contributed by atoms with Crippen LogP contribution in [0, 0.1) is 0 Å². The van der Waals surface area contributed by atoms with Gasteiger partial charge in [0.05, 0.1) is 25.9 Å². The third kappa shape index (κ3) is 3.76. The molecule has 0 bridgehead atoms. The largest absolute Gasteiger partial charge is 0.394 e. The first-order chi connectivity index (χ1) is 13.2. The molecule has 27 heavy (non-hydrogen) atoms. The highest BCUT2D eigenvalue weighted by Crippen LogP contribution is 2.26. The Morgan fingerprint density at radius 2 is 2.19 bits per heavy atom. The number of morpholine rings is 1. The molecule has 1 saturated heterocycles. The van der Waals surface area contributed by atoms with Gasteiger partial charge in [0.1, 0.15) is 5.82 Å². The Kier molecular flexibility index (Phi) is 5.24. The van der Waals surface area contributed by atoms with Crippen LogP contribution in [0.25, 0.3) is 22.3 Å². The predicted molar refractivity (Wildman–Crippen MR) is 105 cm³/mol. The molecule has 144 valence electrons. The molecule has 3 heterocycles. The van der Waals surface area contributed by atoms with Crippen LogP contribution in [0.3, 0.4) is 0 Å². The number of aliphatic hydroxyl groups is 1. The van der Waals surface area contributed by atoms with Crippen LogP contribution in [-0.2, 0) is 17.7 Å². The SMILES string of the molecule is CC(C)N1CCO[C@H](Cc2nc(-c3c[nH]c4ccccc34)nn2CCO)C1. The molecule has 0 aliphatic carbocycles. The van der Waals surface area contributed by atoms with Gasteiger partial charge in [-0.25, -0.2) is 9.67 Å². The topological polar surface area (TPSA) is 79.2 Å². The number of rotatable bonds is 6. The molecule has 1 aliphatic heterocycles. The molecule has 2 aromatic heterocycles. The first-order valence-electron chi connectivity index (χ1n) is 9.62. The number of fused-ring (bicyclic) bond motifs is 1. The summed E-state index contributed by atoms with van der Waals surface area (Å²) >= 11 is 0. The van der Waals surface area contributed by atoms with Crippen molar-refractivity contribution in [3.63, 3.8) is 0 Å². The third-order valence-corrected chi connectivity index (χ3v) is 5.20. The summed E-state index contributed by atoms with van der Waals surface area (Å²) < 4.78 is 7.79. The molecule has 0 saturated carbocycles. The highest BCUT2D eigenvalue weighted by molar-refractivity contribution is 5.93. The number of hydrogen-bond donors (Lipinski definition) is 2. The lowest BCUT2D eigenvalue weighted by atomic mass is 10.1. The van der Waals surface area contributed by atoms with Gasteiger partial charge in [-0.3, -0.25) is 4.90 Å². The van der Waals surface area contributed by atoms with E-state index >= 15 is 0 Å². The zero-order valence-corrected chi connectivity index (χ0v) is 15.9. The van der Waals surface area contributed by atoms with Crippen LogP contribution in [-0.4, -0.2) is 68.2 Å². The van der Waals surface area contributed by atoms with E-state index in [0.29, 0.717) is 24.8 Å². The first kappa shape index (κ1) is 18.2. The summed E-state index contributed by atoms with van der Waals surface area (Å²) in [6.07, 6.45) is 2.74. The van der Waals surface area contributed by atoms with E-state index in [-0.39, 0.29) is 12.7 Å². The summed E-state index contributed by atoms with van der Waals surface area (Å²) in [7, 11) is 0. The van der Waals surface area contributed by atoms with Crippen molar-refractivity contribution < 1.29 is 9.84 Å². The molecule has 7 heteroatoms. The van der Waals surface area contributed by atoms with Crippen molar-refractivity contribution in [2.75, 3.05) is 26.3 Å². The van der Waals surface area contributed by atoms with E-state index in [0.717, 1.165) is 42.0 Å². The minimum absolute atomic E-state index is 0.0350. The Labute approximate surface area is 159 Å². The smallest absolute Gasteiger partial charge is 0.183 e. The van der Waals surface area contributed by atoms with Gasteiger partial charge in [0.25, 0.3) is 0 Å². The standard InChI is InChI=1S/C20H27N5O2/c1-14(2)24-8-10-27-15(13-24)11-19-22-20(23-25(19)7-9-26)17-12-21-18-6-4-3-5-16(17)18/h3-6,12,14-15,21,26H,7-11,13H2,1-2H3/t15-/m1/s1. The van der Waals surface area contributed by atoms with Crippen LogP contribution in [0.4, 0.5) is 0 Å². The van der Waals surface area contributed by atoms with E-state index in [1.54, 1.807) is 0 Å². The van der Waals surface area contributed by atoms with Gasteiger partial charge in [-0.2, -0.15) is 5.10 Å². The van der Waals surface area contributed by atoms with Gasteiger partial charge in [-0.1, -0.05) is 18.2 Å². The maximum absolute atomic E-state index is 9.44. The second-order valence-electron chi connectivity index (χ2n) is 7.33.